The van der Waals surface area contributed by atoms with E-state index < -0.39 is 6.10 Å². The Hall–Kier alpha value is -1.30. The molecular weight excluding hydrogens is 246 g/mol. The summed E-state index contributed by atoms with van der Waals surface area (Å²) in [5.41, 5.74) is 0.778. The molecule has 0 fully saturated rings. The average Bonchev–Trinajstić information content (AvgIpc) is 2.39. The number of nitrogens with one attached hydrogen (secondary N) is 1. The van der Waals surface area contributed by atoms with Crippen molar-refractivity contribution in [3.63, 3.8) is 0 Å². The summed E-state index contributed by atoms with van der Waals surface area (Å²) in [5.74, 6) is 0.944. The van der Waals surface area contributed by atoms with Crippen molar-refractivity contribution < 1.29 is 19.7 Å². The molecule has 0 heterocycles. The van der Waals surface area contributed by atoms with Gasteiger partial charge in [0.25, 0.3) is 0 Å². The molecule has 0 bridgehead atoms. The van der Waals surface area contributed by atoms with Gasteiger partial charge in [0.15, 0.2) is 0 Å². The lowest BCUT2D eigenvalue weighted by Crippen LogP contribution is -2.25. The van der Waals surface area contributed by atoms with Crippen molar-refractivity contribution in [3.05, 3.63) is 23.8 Å². The van der Waals surface area contributed by atoms with Crippen LogP contribution in [0.1, 0.15) is 24.9 Å². The third-order valence-corrected chi connectivity index (χ3v) is 2.99. The molecule has 0 aliphatic carbocycles. The molecule has 1 aromatic rings. The van der Waals surface area contributed by atoms with Crippen LogP contribution >= 0.6 is 0 Å². The lowest BCUT2D eigenvalue weighted by Gasteiger charge is -2.17. The number of aromatic hydroxyl groups is 1. The maximum Gasteiger partial charge on any atom is 0.120 e. The van der Waals surface area contributed by atoms with Crippen molar-refractivity contribution in [3.8, 4) is 11.5 Å². The van der Waals surface area contributed by atoms with Gasteiger partial charge in [0.05, 0.1) is 19.8 Å². The van der Waals surface area contributed by atoms with Gasteiger partial charge in [-0.1, -0.05) is 0 Å². The predicted octanol–water partition coefficient (Wildman–Crippen LogP) is 1.45. The third kappa shape index (κ3) is 5.06. The quantitative estimate of drug-likeness (QED) is 0.666. The van der Waals surface area contributed by atoms with Gasteiger partial charge in [-0.25, -0.2) is 0 Å². The number of phenols is 1. The van der Waals surface area contributed by atoms with Gasteiger partial charge in [0.2, 0.25) is 0 Å². The topological polar surface area (TPSA) is 71.0 Å². The Morgan fingerprint density at radius 3 is 2.68 bits per heavy atom. The Morgan fingerprint density at radius 2 is 2.05 bits per heavy atom. The Bertz CT molecular complexity index is 384. The molecule has 108 valence electrons. The predicted molar refractivity (Wildman–Crippen MR) is 73.6 cm³/mol. The van der Waals surface area contributed by atoms with Crippen molar-refractivity contribution >= 4 is 0 Å². The summed E-state index contributed by atoms with van der Waals surface area (Å²) in [7, 11) is 3.16. The molecule has 2 atom stereocenters. The van der Waals surface area contributed by atoms with E-state index in [2.05, 4.69) is 5.32 Å². The van der Waals surface area contributed by atoms with Crippen LogP contribution in [0, 0.1) is 0 Å². The molecule has 0 aromatic heterocycles. The normalized spacial score (nSPS) is 14.1. The minimum atomic E-state index is -0.469. The molecule has 0 aliphatic heterocycles. The van der Waals surface area contributed by atoms with Gasteiger partial charge in [-0.15, -0.1) is 0 Å². The van der Waals surface area contributed by atoms with Crippen LogP contribution in [0.3, 0.4) is 0 Å². The number of phenolic OH excluding ortho intramolecular Hbond substituents is 1. The maximum absolute atomic E-state index is 9.83. The molecule has 0 saturated heterocycles. The zero-order valence-electron chi connectivity index (χ0n) is 11.7. The van der Waals surface area contributed by atoms with E-state index in [4.69, 9.17) is 9.47 Å². The smallest absolute Gasteiger partial charge is 0.120 e. The maximum atomic E-state index is 9.83. The highest BCUT2D eigenvalue weighted by Gasteiger charge is 2.12. The fourth-order valence-corrected chi connectivity index (χ4v) is 1.86. The van der Waals surface area contributed by atoms with Crippen LogP contribution < -0.4 is 10.1 Å². The minimum absolute atomic E-state index is 0.0233. The van der Waals surface area contributed by atoms with Crippen molar-refractivity contribution in [2.24, 2.45) is 0 Å². The molecule has 5 nitrogen and oxygen atoms in total. The summed E-state index contributed by atoms with van der Waals surface area (Å²) in [6, 6.07) is 5.11. The van der Waals surface area contributed by atoms with E-state index >= 15 is 0 Å². The van der Waals surface area contributed by atoms with Crippen molar-refractivity contribution in [1.29, 1.82) is 0 Å². The van der Waals surface area contributed by atoms with Gasteiger partial charge in [-0.3, -0.25) is 0 Å². The zero-order valence-corrected chi connectivity index (χ0v) is 11.7. The first-order valence-electron chi connectivity index (χ1n) is 6.35. The van der Waals surface area contributed by atoms with Gasteiger partial charge in [-0.2, -0.15) is 0 Å². The van der Waals surface area contributed by atoms with Crippen molar-refractivity contribution in [2.45, 2.75) is 25.5 Å². The Labute approximate surface area is 114 Å². The van der Waals surface area contributed by atoms with Gasteiger partial charge in [0, 0.05) is 18.7 Å². The van der Waals surface area contributed by atoms with Crippen molar-refractivity contribution in [2.75, 3.05) is 27.4 Å². The largest absolute Gasteiger partial charge is 0.508 e. The lowest BCUT2D eigenvalue weighted by atomic mass is 10.1. The van der Waals surface area contributed by atoms with Crippen LogP contribution in [0.5, 0.6) is 11.5 Å². The molecule has 19 heavy (non-hydrogen) atoms. The average molecular weight is 269 g/mol. The SMILES string of the molecule is COCC(O)CCNC(C)c1cc(OC)ccc1O. The number of hydrogen-bond acceptors (Lipinski definition) is 5. The summed E-state index contributed by atoms with van der Waals surface area (Å²) in [4.78, 5) is 0. The molecule has 1 rings (SSSR count). The molecular formula is C14H23NO4. The zero-order chi connectivity index (χ0) is 14.3. The van der Waals surface area contributed by atoms with Crippen LogP contribution in [-0.4, -0.2) is 43.7 Å². The number of benzene rings is 1. The Balaban J connectivity index is 2.51. The van der Waals surface area contributed by atoms with Gasteiger partial charge in [0.1, 0.15) is 11.5 Å². The van der Waals surface area contributed by atoms with Gasteiger partial charge < -0.3 is 25.0 Å². The van der Waals surface area contributed by atoms with Gasteiger partial charge in [-0.05, 0) is 38.1 Å². The molecule has 1 aromatic carbocycles. The fourth-order valence-electron chi connectivity index (χ4n) is 1.86. The second-order valence-corrected chi connectivity index (χ2v) is 4.50. The fraction of sp³-hybridized carbons (Fsp3) is 0.571. The van der Waals surface area contributed by atoms with Crippen LogP contribution in [0.25, 0.3) is 0 Å². The second-order valence-electron chi connectivity index (χ2n) is 4.50. The first-order valence-corrected chi connectivity index (χ1v) is 6.35. The van der Waals surface area contributed by atoms with Gasteiger partial charge >= 0.3 is 0 Å². The molecule has 0 radical (unpaired) electrons. The van der Waals surface area contributed by atoms with E-state index in [1.165, 1.54) is 0 Å². The van der Waals surface area contributed by atoms with Crippen LogP contribution in [0.4, 0.5) is 0 Å². The van der Waals surface area contributed by atoms with Crippen LogP contribution in [-0.2, 0) is 4.74 Å². The Morgan fingerprint density at radius 1 is 1.32 bits per heavy atom. The molecule has 0 spiro atoms. The molecule has 0 aliphatic rings. The van der Waals surface area contributed by atoms with E-state index in [0.717, 1.165) is 5.56 Å². The number of ether oxygens (including phenoxy) is 2. The molecule has 3 N–H and O–H groups in total. The number of aliphatic hydroxyl groups excluding tert-OH is 1. The summed E-state index contributed by atoms with van der Waals surface area (Å²) < 4.78 is 10.0. The number of aliphatic hydroxyl groups is 1. The summed E-state index contributed by atoms with van der Waals surface area (Å²) in [5, 5.41) is 22.6. The number of rotatable bonds is 8. The van der Waals surface area contributed by atoms with Crippen LogP contribution in [0.15, 0.2) is 18.2 Å². The first kappa shape index (κ1) is 15.8. The van der Waals surface area contributed by atoms with E-state index in [1.54, 1.807) is 32.4 Å². The standard InChI is InChI=1S/C14H23NO4/c1-10(15-7-6-11(16)9-18-2)13-8-12(19-3)4-5-14(13)17/h4-5,8,10-11,15-17H,6-7,9H2,1-3H3. The summed E-state index contributed by atoms with van der Waals surface area (Å²) in [6.45, 7) is 2.93. The molecule has 0 amide bonds. The molecule has 0 saturated carbocycles. The van der Waals surface area contributed by atoms with E-state index in [1.807, 2.05) is 6.92 Å². The summed E-state index contributed by atoms with van der Waals surface area (Å²) >= 11 is 0. The van der Waals surface area contributed by atoms with E-state index in [0.29, 0.717) is 25.3 Å². The highest BCUT2D eigenvalue weighted by molar-refractivity contribution is 5.41. The van der Waals surface area contributed by atoms with E-state index in [-0.39, 0.29) is 11.8 Å². The molecule has 2 unspecified atom stereocenters. The monoisotopic (exact) mass is 269 g/mol. The minimum Gasteiger partial charge on any atom is -0.508 e. The summed E-state index contributed by atoms with van der Waals surface area (Å²) in [6.07, 6.45) is 0.131. The second kappa shape index (κ2) is 7.99. The van der Waals surface area contributed by atoms with E-state index in [9.17, 15) is 10.2 Å². The molecule has 5 heteroatoms. The lowest BCUT2D eigenvalue weighted by molar-refractivity contribution is 0.0590. The number of hydrogen-bond donors (Lipinski definition) is 3. The number of methoxy groups -OCH3 is 2. The van der Waals surface area contributed by atoms with Crippen LogP contribution in [0.2, 0.25) is 0 Å². The highest BCUT2D eigenvalue weighted by Crippen LogP contribution is 2.28. The Kier molecular flexibility index (Phi) is 6.62. The highest BCUT2D eigenvalue weighted by atomic mass is 16.5. The third-order valence-electron chi connectivity index (χ3n) is 2.99. The van der Waals surface area contributed by atoms with Crippen molar-refractivity contribution in [1.82, 2.24) is 5.32 Å². The first-order chi connectivity index (χ1) is 9.08.